The second-order valence-electron chi connectivity index (χ2n) is 10.9. The van der Waals surface area contributed by atoms with Gasteiger partial charge in [0.1, 0.15) is 17.1 Å². The zero-order chi connectivity index (χ0) is 29.0. The maximum absolute atomic E-state index is 13.0. The largest absolute Gasteiger partial charge is 0.477 e. The molecule has 0 bridgehead atoms. The van der Waals surface area contributed by atoms with Gasteiger partial charge in [-0.2, -0.15) is 0 Å². The molecule has 1 aliphatic rings. The number of hydrogen-bond acceptors (Lipinski definition) is 5. The molecule has 1 unspecified atom stereocenters. The standard InChI is InChI=1S/C35H40O6/c1-2-3-4-5-6-7-8-9-13-25-18-20-27(21-19-25)34(38)40-30-16-12-17-31(32(30)33(36)37)41-35(39)29-23-22-26-14-10-11-15-28(26)24-29/h10-12,14-21,29H,2-9,13,22-24H2,1H3,(H,36,37). The van der Waals surface area contributed by atoms with Gasteiger partial charge in [0.05, 0.1) is 11.5 Å². The van der Waals surface area contributed by atoms with Gasteiger partial charge in [-0.3, -0.25) is 4.79 Å². The number of aryl methyl sites for hydroxylation is 2. The highest BCUT2D eigenvalue weighted by Gasteiger charge is 2.29. The molecule has 0 saturated carbocycles. The summed E-state index contributed by atoms with van der Waals surface area (Å²) in [7, 11) is 0. The Morgan fingerprint density at radius 3 is 2.07 bits per heavy atom. The second-order valence-corrected chi connectivity index (χ2v) is 10.9. The molecule has 0 aliphatic heterocycles. The highest BCUT2D eigenvalue weighted by molar-refractivity contribution is 5.98. The van der Waals surface area contributed by atoms with Crippen LogP contribution >= 0.6 is 0 Å². The fraction of sp³-hybridized carbons (Fsp3) is 0.400. The molecule has 4 rings (SSSR count). The topological polar surface area (TPSA) is 89.9 Å². The van der Waals surface area contributed by atoms with Gasteiger partial charge in [0, 0.05) is 0 Å². The molecule has 6 nitrogen and oxygen atoms in total. The molecule has 0 amide bonds. The molecular formula is C35H40O6. The van der Waals surface area contributed by atoms with Gasteiger partial charge in [-0.15, -0.1) is 0 Å². The average Bonchev–Trinajstić information content (AvgIpc) is 2.98. The predicted molar refractivity (Wildman–Crippen MR) is 159 cm³/mol. The molecule has 216 valence electrons. The van der Waals surface area contributed by atoms with E-state index in [2.05, 4.69) is 13.0 Å². The normalized spacial score (nSPS) is 14.2. The van der Waals surface area contributed by atoms with Crippen LogP contribution < -0.4 is 9.47 Å². The summed E-state index contributed by atoms with van der Waals surface area (Å²) in [5, 5.41) is 9.91. The van der Waals surface area contributed by atoms with Gasteiger partial charge in [0.2, 0.25) is 0 Å². The molecule has 0 heterocycles. The number of aromatic carboxylic acids is 1. The Morgan fingerprint density at radius 1 is 0.756 bits per heavy atom. The van der Waals surface area contributed by atoms with E-state index in [1.807, 2.05) is 30.3 Å². The summed E-state index contributed by atoms with van der Waals surface area (Å²) < 4.78 is 11.1. The summed E-state index contributed by atoms with van der Waals surface area (Å²) in [5.41, 5.74) is 3.45. The first kappa shape index (κ1) is 30.0. The average molecular weight is 557 g/mol. The van der Waals surface area contributed by atoms with Crippen LogP contribution in [0.2, 0.25) is 0 Å². The van der Waals surface area contributed by atoms with Crippen LogP contribution in [0, 0.1) is 5.92 Å². The molecule has 6 heteroatoms. The van der Waals surface area contributed by atoms with E-state index in [0.717, 1.165) is 30.4 Å². The molecule has 3 aromatic rings. The van der Waals surface area contributed by atoms with Crippen LogP contribution in [0.5, 0.6) is 11.5 Å². The van der Waals surface area contributed by atoms with E-state index >= 15 is 0 Å². The van der Waals surface area contributed by atoms with Crippen molar-refractivity contribution in [3.8, 4) is 11.5 Å². The van der Waals surface area contributed by atoms with Crippen LogP contribution in [-0.4, -0.2) is 23.0 Å². The van der Waals surface area contributed by atoms with E-state index in [9.17, 15) is 19.5 Å². The third-order valence-corrected chi connectivity index (χ3v) is 7.80. The summed E-state index contributed by atoms with van der Waals surface area (Å²) in [6.45, 7) is 2.23. The van der Waals surface area contributed by atoms with Crippen LogP contribution in [0.3, 0.4) is 0 Å². The monoisotopic (exact) mass is 556 g/mol. The van der Waals surface area contributed by atoms with Crippen LogP contribution in [0.25, 0.3) is 0 Å². The Balaban J connectivity index is 1.33. The van der Waals surface area contributed by atoms with Crippen molar-refractivity contribution in [1.82, 2.24) is 0 Å². The summed E-state index contributed by atoms with van der Waals surface area (Å²) in [4.78, 5) is 38.0. The molecule has 0 spiro atoms. The van der Waals surface area contributed by atoms with Gasteiger partial charge in [-0.25, -0.2) is 9.59 Å². The summed E-state index contributed by atoms with van der Waals surface area (Å²) in [5.74, 6) is -3.17. The zero-order valence-electron chi connectivity index (χ0n) is 23.9. The fourth-order valence-electron chi connectivity index (χ4n) is 5.41. The summed E-state index contributed by atoms with van der Waals surface area (Å²) in [6.07, 6.45) is 13.0. The number of carboxylic acid groups (broad SMARTS) is 1. The number of unbranched alkanes of at least 4 members (excludes halogenated alkanes) is 7. The van der Waals surface area contributed by atoms with E-state index in [-0.39, 0.29) is 23.0 Å². The van der Waals surface area contributed by atoms with E-state index in [0.29, 0.717) is 18.4 Å². The van der Waals surface area contributed by atoms with Gasteiger partial charge in [-0.1, -0.05) is 94.3 Å². The number of benzene rings is 3. The molecule has 1 aliphatic carbocycles. The van der Waals surface area contributed by atoms with E-state index in [1.165, 1.54) is 68.7 Å². The van der Waals surface area contributed by atoms with Gasteiger partial charge in [0.25, 0.3) is 0 Å². The molecule has 0 saturated heterocycles. The van der Waals surface area contributed by atoms with Crippen molar-refractivity contribution < 1.29 is 29.0 Å². The first-order chi connectivity index (χ1) is 20.0. The molecule has 3 aromatic carbocycles. The lowest BCUT2D eigenvalue weighted by atomic mass is 9.84. The molecule has 0 aromatic heterocycles. The van der Waals surface area contributed by atoms with E-state index < -0.39 is 17.9 Å². The van der Waals surface area contributed by atoms with Crippen LogP contribution in [0.15, 0.2) is 66.7 Å². The van der Waals surface area contributed by atoms with Gasteiger partial charge in [-0.05, 0) is 73.1 Å². The van der Waals surface area contributed by atoms with Crippen molar-refractivity contribution >= 4 is 17.9 Å². The lowest BCUT2D eigenvalue weighted by Gasteiger charge is -2.23. The lowest BCUT2D eigenvalue weighted by molar-refractivity contribution is -0.139. The first-order valence-electron chi connectivity index (χ1n) is 14.9. The van der Waals surface area contributed by atoms with Crippen molar-refractivity contribution in [2.75, 3.05) is 0 Å². The van der Waals surface area contributed by atoms with Crippen LogP contribution in [-0.2, 0) is 24.1 Å². The van der Waals surface area contributed by atoms with Crippen molar-refractivity contribution in [3.63, 3.8) is 0 Å². The quantitative estimate of drug-likeness (QED) is 0.123. The van der Waals surface area contributed by atoms with Gasteiger partial charge >= 0.3 is 17.9 Å². The molecule has 1 atom stereocenters. The Morgan fingerprint density at radius 2 is 1.39 bits per heavy atom. The Kier molecular flexibility index (Phi) is 11.1. The van der Waals surface area contributed by atoms with Gasteiger partial charge in [0.15, 0.2) is 0 Å². The first-order valence-corrected chi connectivity index (χ1v) is 14.9. The summed E-state index contributed by atoms with van der Waals surface area (Å²) in [6, 6.07) is 19.5. The van der Waals surface area contributed by atoms with Crippen LogP contribution in [0.1, 0.15) is 102 Å². The third kappa shape index (κ3) is 8.53. The third-order valence-electron chi connectivity index (χ3n) is 7.80. The SMILES string of the molecule is CCCCCCCCCCc1ccc(C(=O)Oc2cccc(OC(=O)C3CCc4ccccc4C3)c2C(=O)O)cc1. The smallest absolute Gasteiger partial charge is 0.343 e. The molecular weight excluding hydrogens is 516 g/mol. The maximum Gasteiger partial charge on any atom is 0.343 e. The minimum Gasteiger partial charge on any atom is -0.477 e. The lowest BCUT2D eigenvalue weighted by Crippen LogP contribution is -2.27. The number of carbonyl (C=O) groups excluding carboxylic acids is 2. The second kappa shape index (κ2) is 15.2. The number of carboxylic acids is 1. The number of esters is 2. The Hall–Kier alpha value is -3.93. The number of hydrogen-bond donors (Lipinski definition) is 1. The Bertz CT molecular complexity index is 1330. The van der Waals surface area contributed by atoms with E-state index in [4.69, 9.17) is 9.47 Å². The molecule has 41 heavy (non-hydrogen) atoms. The predicted octanol–water partition coefficient (Wildman–Crippen LogP) is 8.00. The molecule has 0 fully saturated rings. The van der Waals surface area contributed by atoms with E-state index in [1.54, 1.807) is 12.1 Å². The highest BCUT2D eigenvalue weighted by Crippen LogP contribution is 2.32. The number of ether oxygens (including phenoxy) is 2. The van der Waals surface area contributed by atoms with Crippen LogP contribution in [0.4, 0.5) is 0 Å². The number of fused-ring (bicyclic) bond motifs is 1. The zero-order valence-corrected chi connectivity index (χ0v) is 23.9. The number of carbonyl (C=O) groups is 3. The van der Waals surface area contributed by atoms with Crippen molar-refractivity contribution in [3.05, 3.63) is 94.5 Å². The van der Waals surface area contributed by atoms with Crippen molar-refractivity contribution in [2.45, 2.75) is 84.0 Å². The maximum atomic E-state index is 13.0. The Labute approximate surface area is 242 Å². The van der Waals surface area contributed by atoms with Gasteiger partial charge < -0.3 is 14.6 Å². The highest BCUT2D eigenvalue weighted by atomic mass is 16.5. The summed E-state index contributed by atoms with van der Waals surface area (Å²) >= 11 is 0. The van der Waals surface area contributed by atoms with Crippen molar-refractivity contribution in [2.24, 2.45) is 5.92 Å². The number of rotatable bonds is 14. The fourth-order valence-corrected chi connectivity index (χ4v) is 5.41. The molecule has 0 radical (unpaired) electrons. The molecule has 1 N–H and O–H groups in total. The minimum absolute atomic E-state index is 0.132. The minimum atomic E-state index is -1.34. The van der Waals surface area contributed by atoms with Crippen molar-refractivity contribution in [1.29, 1.82) is 0 Å².